The molecular weight excluding hydrogens is 276 g/mol. The van der Waals surface area contributed by atoms with Crippen LogP contribution in [-0.2, 0) is 4.79 Å². The second-order valence-corrected chi connectivity index (χ2v) is 5.97. The number of nitrogens with two attached hydrogens (primary N) is 1. The zero-order valence-corrected chi connectivity index (χ0v) is 11.5. The Morgan fingerprint density at radius 2 is 2.15 bits per heavy atom. The third kappa shape index (κ3) is 2.27. The smallest absolute Gasteiger partial charge is 0.286 e. The first-order chi connectivity index (χ1) is 9.66. The second-order valence-electron chi connectivity index (χ2n) is 4.66. The van der Waals surface area contributed by atoms with Gasteiger partial charge in [-0.3, -0.25) is 9.59 Å². The summed E-state index contributed by atoms with van der Waals surface area (Å²) in [6.45, 7) is 0. The molecule has 1 aliphatic rings. The molecule has 0 aliphatic carbocycles. The van der Waals surface area contributed by atoms with E-state index < -0.39 is 5.91 Å². The van der Waals surface area contributed by atoms with Gasteiger partial charge in [-0.2, -0.15) is 0 Å². The normalized spacial score (nSPS) is 18.3. The summed E-state index contributed by atoms with van der Waals surface area (Å²) >= 11 is 1.63. The van der Waals surface area contributed by atoms with E-state index >= 15 is 0 Å². The Hall–Kier alpha value is -1.95. The van der Waals surface area contributed by atoms with Gasteiger partial charge in [0, 0.05) is 5.39 Å². The zero-order chi connectivity index (χ0) is 14.1. The lowest BCUT2D eigenvalue weighted by molar-refractivity contribution is -0.115. The maximum Gasteiger partial charge on any atom is 0.286 e. The van der Waals surface area contributed by atoms with Crippen LogP contribution in [0.15, 0.2) is 28.7 Å². The molecule has 6 heteroatoms. The molecule has 3 N–H and O–H groups in total. The second kappa shape index (κ2) is 5.20. The Balaban J connectivity index is 1.98. The Bertz CT molecular complexity index is 674. The van der Waals surface area contributed by atoms with Gasteiger partial charge >= 0.3 is 0 Å². The van der Waals surface area contributed by atoms with Crippen LogP contribution in [0.1, 0.15) is 23.4 Å². The van der Waals surface area contributed by atoms with Crippen molar-refractivity contribution in [2.45, 2.75) is 18.1 Å². The van der Waals surface area contributed by atoms with Gasteiger partial charge in [0.1, 0.15) is 11.3 Å². The Kier molecular flexibility index (Phi) is 3.40. The van der Waals surface area contributed by atoms with Gasteiger partial charge in [-0.1, -0.05) is 12.1 Å². The zero-order valence-electron chi connectivity index (χ0n) is 10.7. The predicted octanol–water partition coefficient (Wildman–Crippen LogP) is 2.37. The van der Waals surface area contributed by atoms with Gasteiger partial charge < -0.3 is 15.5 Å². The van der Waals surface area contributed by atoms with Crippen molar-refractivity contribution in [3.05, 3.63) is 30.0 Å². The standard InChI is InChI=1S/C14H14N2O3S/c15-13(17)12-11(8-4-1-2-5-9(8)19-12)16-14(18)10-6-3-7-20-10/h1-2,4-5,10H,3,6-7H2,(H2,15,17)(H,16,18). The number of fused-ring (bicyclic) bond motifs is 1. The molecule has 5 nitrogen and oxygen atoms in total. The molecule has 2 aromatic rings. The lowest BCUT2D eigenvalue weighted by Crippen LogP contribution is -2.24. The molecule has 0 spiro atoms. The van der Waals surface area contributed by atoms with Crippen molar-refractivity contribution in [1.29, 1.82) is 0 Å². The minimum atomic E-state index is -0.685. The summed E-state index contributed by atoms with van der Waals surface area (Å²) < 4.78 is 5.43. The Labute approximate surface area is 119 Å². The number of furan rings is 1. The third-order valence-corrected chi connectivity index (χ3v) is 4.67. The van der Waals surface area contributed by atoms with Crippen molar-refractivity contribution < 1.29 is 14.0 Å². The number of para-hydroxylation sites is 1. The molecule has 1 fully saturated rings. The molecule has 1 atom stereocenters. The summed E-state index contributed by atoms with van der Waals surface area (Å²) in [4.78, 5) is 23.7. The number of primary amides is 1. The summed E-state index contributed by atoms with van der Waals surface area (Å²) in [6.07, 6.45) is 1.90. The minimum Gasteiger partial charge on any atom is -0.449 e. The van der Waals surface area contributed by atoms with E-state index in [1.165, 1.54) is 0 Å². The maximum absolute atomic E-state index is 12.2. The number of thioether (sulfide) groups is 1. The maximum atomic E-state index is 12.2. The van der Waals surface area contributed by atoms with E-state index in [0.29, 0.717) is 16.7 Å². The number of benzene rings is 1. The van der Waals surface area contributed by atoms with Crippen LogP contribution in [0.4, 0.5) is 5.69 Å². The van der Waals surface area contributed by atoms with Gasteiger partial charge in [-0.15, -0.1) is 11.8 Å². The number of hydrogen-bond donors (Lipinski definition) is 2. The van der Waals surface area contributed by atoms with E-state index in [1.807, 2.05) is 6.07 Å². The van der Waals surface area contributed by atoms with Crippen LogP contribution in [0.2, 0.25) is 0 Å². The Morgan fingerprint density at radius 3 is 2.85 bits per heavy atom. The number of hydrogen-bond acceptors (Lipinski definition) is 4. The van der Waals surface area contributed by atoms with Crippen LogP contribution in [-0.4, -0.2) is 22.8 Å². The largest absolute Gasteiger partial charge is 0.449 e. The van der Waals surface area contributed by atoms with E-state index in [0.717, 1.165) is 18.6 Å². The molecule has 3 rings (SSSR count). The van der Waals surface area contributed by atoms with Crippen molar-refractivity contribution in [2.75, 3.05) is 11.1 Å². The molecule has 1 aromatic heterocycles. The molecule has 1 unspecified atom stereocenters. The predicted molar refractivity (Wildman–Crippen MR) is 78.8 cm³/mol. The van der Waals surface area contributed by atoms with E-state index in [4.69, 9.17) is 10.2 Å². The molecule has 1 aromatic carbocycles. The van der Waals surface area contributed by atoms with Gasteiger partial charge in [-0.05, 0) is 30.7 Å². The van der Waals surface area contributed by atoms with Crippen molar-refractivity contribution in [1.82, 2.24) is 0 Å². The highest BCUT2D eigenvalue weighted by molar-refractivity contribution is 8.00. The average molecular weight is 290 g/mol. The monoisotopic (exact) mass is 290 g/mol. The number of carbonyl (C=O) groups is 2. The Morgan fingerprint density at radius 1 is 1.35 bits per heavy atom. The van der Waals surface area contributed by atoms with Crippen molar-refractivity contribution in [3.63, 3.8) is 0 Å². The fourth-order valence-electron chi connectivity index (χ4n) is 2.33. The fraction of sp³-hybridized carbons (Fsp3) is 0.286. The van der Waals surface area contributed by atoms with Crippen molar-refractivity contribution in [2.24, 2.45) is 5.73 Å². The first-order valence-corrected chi connectivity index (χ1v) is 7.45. The summed E-state index contributed by atoms with van der Waals surface area (Å²) in [5.74, 6) is 0.215. The molecule has 0 radical (unpaired) electrons. The quantitative estimate of drug-likeness (QED) is 0.908. The van der Waals surface area contributed by atoms with E-state index in [1.54, 1.807) is 30.0 Å². The fourth-order valence-corrected chi connectivity index (χ4v) is 3.49. The van der Waals surface area contributed by atoms with E-state index in [2.05, 4.69) is 5.32 Å². The number of rotatable bonds is 3. The average Bonchev–Trinajstić information content (AvgIpc) is 3.06. The number of carbonyl (C=O) groups excluding carboxylic acids is 2. The molecule has 0 bridgehead atoms. The highest BCUT2D eigenvalue weighted by Crippen LogP contribution is 2.33. The summed E-state index contributed by atoms with van der Waals surface area (Å²) in [5, 5.41) is 3.43. The molecule has 0 saturated carbocycles. The van der Waals surface area contributed by atoms with Gasteiger partial charge in [0.2, 0.25) is 11.7 Å². The van der Waals surface area contributed by atoms with Crippen LogP contribution in [0.25, 0.3) is 11.0 Å². The summed E-state index contributed by atoms with van der Waals surface area (Å²) in [5.41, 5.74) is 6.24. The highest BCUT2D eigenvalue weighted by atomic mass is 32.2. The first-order valence-electron chi connectivity index (χ1n) is 6.40. The molecule has 1 saturated heterocycles. The van der Waals surface area contributed by atoms with Gasteiger partial charge in [0.05, 0.1) is 5.25 Å². The minimum absolute atomic E-state index is 0.00236. The number of anilines is 1. The van der Waals surface area contributed by atoms with Gasteiger partial charge in [0.15, 0.2) is 0 Å². The lowest BCUT2D eigenvalue weighted by Gasteiger charge is -2.09. The van der Waals surface area contributed by atoms with E-state index in [9.17, 15) is 9.59 Å². The molecule has 104 valence electrons. The SMILES string of the molecule is NC(=O)c1oc2ccccc2c1NC(=O)C1CCCS1. The molecule has 2 amide bonds. The van der Waals surface area contributed by atoms with Gasteiger partial charge in [-0.25, -0.2) is 0 Å². The molecule has 2 heterocycles. The number of nitrogens with one attached hydrogen (secondary N) is 1. The third-order valence-electron chi connectivity index (χ3n) is 3.29. The van der Waals surface area contributed by atoms with Crippen LogP contribution >= 0.6 is 11.8 Å². The summed E-state index contributed by atoms with van der Waals surface area (Å²) in [6, 6.07) is 7.15. The van der Waals surface area contributed by atoms with Crippen LogP contribution < -0.4 is 11.1 Å². The van der Waals surface area contributed by atoms with Crippen LogP contribution in [0.5, 0.6) is 0 Å². The topological polar surface area (TPSA) is 85.3 Å². The molecule has 1 aliphatic heterocycles. The number of amides is 2. The lowest BCUT2D eigenvalue weighted by atomic mass is 10.2. The van der Waals surface area contributed by atoms with Crippen molar-refractivity contribution in [3.8, 4) is 0 Å². The first kappa shape index (κ1) is 13.1. The van der Waals surface area contributed by atoms with Gasteiger partial charge in [0.25, 0.3) is 5.91 Å². The highest BCUT2D eigenvalue weighted by Gasteiger charge is 2.26. The van der Waals surface area contributed by atoms with E-state index in [-0.39, 0.29) is 16.9 Å². The van der Waals surface area contributed by atoms with Crippen LogP contribution in [0.3, 0.4) is 0 Å². The molecule has 20 heavy (non-hydrogen) atoms. The van der Waals surface area contributed by atoms with Crippen LogP contribution in [0, 0.1) is 0 Å². The summed E-state index contributed by atoms with van der Waals surface area (Å²) in [7, 11) is 0. The van der Waals surface area contributed by atoms with Crippen molar-refractivity contribution >= 4 is 40.2 Å². The molecular formula is C14H14N2O3S.